The fourth-order valence-electron chi connectivity index (χ4n) is 1.54. The monoisotopic (exact) mass is 278 g/mol. The largest absolute Gasteiger partial charge is 0.497 e. The summed E-state index contributed by atoms with van der Waals surface area (Å²) >= 11 is 11.9. The van der Waals surface area contributed by atoms with Crippen LogP contribution < -0.4 is 4.74 Å². The summed E-state index contributed by atoms with van der Waals surface area (Å²) in [5.41, 5.74) is 1.99. The summed E-state index contributed by atoms with van der Waals surface area (Å²) in [6.45, 7) is 0. The van der Waals surface area contributed by atoms with Gasteiger partial charge in [-0.1, -0.05) is 47.5 Å². The van der Waals surface area contributed by atoms with Crippen molar-refractivity contribution in [3.63, 3.8) is 0 Å². The van der Waals surface area contributed by atoms with Crippen LogP contribution in [0.15, 0.2) is 42.5 Å². The van der Waals surface area contributed by atoms with Crippen molar-refractivity contribution in [1.82, 2.24) is 0 Å². The second-order valence-corrected chi connectivity index (χ2v) is 4.62. The predicted molar refractivity (Wildman–Crippen MR) is 78.4 cm³/mol. The minimum Gasteiger partial charge on any atom is -0.497 e. The Kier molecular flexibility index (Phi) is 4.29. The number of hydrogen-bond donors (Lipinski definition) is 0. The van der Waals surface area contributed by atoms with Gasteiger partial charge >= 0.3 is 0 Å². The van der Waals surface area contributed by atoms with Gasteiger partial charge in [0.15, 0.2) is 0 Å². The van der Waals surface area contributed by atoms with E-state index in [4.69, 9.17) is 27.9 Å². The first-order valence-electron chi connectivity index (χ1n) is 5.46. The molecule has 0 saturated carbocycles. The molecule has 0 N–H and O–H groups in total. The number of hydrogen-bond acceptors (Lipinski definition) is 1. The Balaban J connectivity index is 2.25. The molecule has 18 heavy (non-hydrogen) atoms. The molecule has 0 aromatic heterocycles. The Labute approximate surface area is 117 Å². The molecule has 0 aliphatic carbocycles. The molecule has 0 unspecified atom stereocenters. The molecule has 0 aliphatic rings. The van der Waals surface area contributed by atoms with E-state index >= 15 is 0 Å². The lowest BCUT2D eigenvalue weighted by atomic mass is 10.1. The molecule has 0 aliphatic heterocycles. The van der Waals surface area contributed by atoms with E-state index in [1.807, 2.05) is 54.6 Å². The summed E-state index contributed by atoms with van der Waals surface area (Å²) < 4.78 is 5.17. The summed E-state index contributed by atoms with van der Waals surface area (Å²) in [7, 11) is 1.63. The molecular weight excluding hydrogens is 267 g/mol. The predicted octanol–water partition coefficient (Wildman–Crippen LogP) is 5.17. The van der Waals surface area contributed by atoms with Crippen molar-refractivity contribution in [3.8, 4) is 5.75 Å². The third-order valence-corrected chi connectivity index (χ3v) is 3.12. The number of halogens is 2. The maximum Gasteiger partial charge on any atom is 0.119 e. The smallest absolute Gasteiger partial charge is 0.119 e. The van der Waals surface area contributed by atoms with Gasteiger partial charge in [-0.3, -0.25) is 0 Å². The molecule has 0 radical (unpaired) electrons. The Bertz CT molecular complexity index is 559. The van der Waals surface area contributed by atoms with Crippen LogP contribution in [0.2, 0.25) is 10.0 Å². The summed E-state index contributed by atoms with van der Waals surface area (Å²) in [4.78, 5) is 0. The normalized spacial score (nSPS) is 10.8. The zero-order chi connectivity index (χ0) is 13.0. The van der Waals surface area contributed by atoms with Gasteiger partial charge in [0.1, 0.15) is 5.75 Å². The van der Waals surface area contributed by atoms with Crippen LogP contribution in [0.5, 0.6) is 5.75 Å². The van der Waals surface area contributed by atoms with Gasteiger partial charge in [-0.2, -0.15) is 0 Å². The van der Waals surface area contributed by atoms with Gasteiger partial charge in [0, 0.05) is 10.0 Å². The molecule has 3 heteroatoms. The van der Waals surface area contributed by atoms with E-state index in [0.29, 0.717) is 5.02 Å². The molecule has 2 aromatic carbocycles. The Hall–Kier alpha value is -1.44. The second kappa shape index (κ2) is 5.94. The van der Waals surface area contributed by atoms with Crippen LogP contribution in [0.3, 0.4) is 0 Å². The molecule has 0 spiro atoms. The molecule has 92 valence electrons. The lowest BCUT2D eigenvalue weighted by Crippen LogP contribution is -1.83. The number of benzene rings is 2. The van der Waals surface area contributed by atoms with Crippen molar-refractivity contribution in [1.29, 1.82) is 0 Å². The summed E-state index contributed by atoms with van der Waals surface area (Å²) in [5, 5.41) is 1.42. The molecule has 0 saturated heterocycles. The highest BCUT2D eigenvalue weighted by atomic mass is 35.5. The van der Waals surface area contributed by atoms with Crippen molar-refractivity contribution < 1.29 is 4.74 Å². The Morgan fingerprint density at radius 2 is 1.67 bits per heavy atom. The molecule has 1 nitrogen and oxygen atoms in total. The first-order chi connectivity index (χ1) is 8.69. The maximum atomic E-state index is 6.12. The average Bonchev–Trinajstić information content (AvgIpc) is 2.40. The average molecular weight is 279 g/mol. The first kappa shape index (κ1) is 13.0. The summed E-state index contributed by atoms with van der Waals surface area (Å²) in [5.74, 6) is 0.787. The highest BCUT2D eigenvalue weighted by Crippen LogP contribution is 2.24. The fourth-order valence-corrected chi connectivity index (χ4v) is 1.84. The van der Waals surface area contributed by atoms with Crippen LogP contribution in [0.1, 0.15) is 11.1 Å². The molecule has 0 atom stereocenters. The molecular formula is C15H12Cl2O. The molecule has 0 amide bonds. The van der Waals surface area contributed by atoms with E-state index in [1.54, 1.807) is 7.11 Å². The first-order valence-corrected chi connectivity index (χ1v) is 6.22. The minimum absolute atomic E-state index is 0.695. The minimum atomic E-state index is 0.695. The van der Waals surface area contributed by atoms with Crippen LogP contribution in [-0.4, -0.2) is 7.11 Å². The highest BCUT2D eigenvalue weighted by Gasteiger charge is 1.99. The van der Waals surface area contributed by atoms with Gasteiger partial charge in [-0.15, -0.1) is 0 Å². The van der Waals surface area contributed by atoms with Crippen molar-refractivity contribution in [2.75, 3.05) is 7.11 Å². The highest BCUT2D eigenvalue weighted by molar-refractivity contribution is 6.32. The topological polar surface area (TPSA) is 9.23 Å². The van der Waals surface area contributed by atoms with Gasteiger partial charge in [-0.25, -0.2) is 0 Å². The molecule has 2 rings (SSSR count). The molecule has 0 fully saturated rings. The van der Waals surface area contributed by atoms with E-state index in [-0.39, 0.29) is 0 Å². The third kappa shape index (κ3) is 3.28. The third-order valence-electron chi connectivity index (χ3n) is 2.53. The van der Waals surface area contributed by atoms with E-state index < -0.39 is 0 Å². The van der Waals surface area contributed by atoms with Crippen LogP contribution in [-0.2, 0) is 0 Å². The van der Waals surface area contributed by atoms with Gasteiger partial charge in [0.2, 0.25) is 0 Å². The lowest BCUT2D eigenvalue weighted by molar-refractivity contribution is 0.414. The van der Waals surface area contributed by atoms with E-state index in [0.717, 1.165) is 21.9 Å². The standard InChI is InChI=1S/C15H12Cl2O/c1-18-14-8-9-15(17)12(10-14)5-2-11-3-6-13(16)7-4-11/h2-10H,1H3/b5-2-. The van der Waals surface area contributed by atoms with Gasteiger partial charge in [0.25, 0.3) is 0 Å². The number of rotatable bonds is 3. The van der Waals surface area contributed by atoms with Crippen molar-refractivity contribution >= 4 is 35.4 Å². The summed E-state index contributed by atoms with van der Waals surface area (Å²) in [6, 6.07) is 13.2. The molecule has 2 aromatic rings. The quantitative estimate of drug-likeness (QED) is 0.704. The van der Waals surface area contributed by atoms with E-state index in [2.05, 4.69) is 0 Å². The summed E-state index contributed by atoms with van der Waals surface area (Å²) in [6.07, 6.45) is 3.94. The van der Waals surface area contributed by atoms with Gasteiger partial charge < -0.3 is 4.74 Å². The van der Waals surface area contributed by atoms with Crippen LogP contribution in [0, 0.1) is 0 Å². The number of methoxy groups -OCH3 is 1. The maximum absolute atomic E-state index is 6.12. The van der Waals surface area contributed by atoms with Gasteiger partial charge in [0.05, 0.1) is 7.11 Å². The van der Waals surface area contributed by atoms with Crippen LogP contribution >= 0.6 is 23.2 Å². The van der Waals surface area contributed by atoms with Crippen molar-refractivity contribution in [2.45, 2.75) is 0 Å². The fraction of sp³-hybridized carbons (Fsp3) is 0.0667. The zero-order valence-electron chi connectivity index (χ0n) is 9.86. The Morgan fingerprint density at radius 3 is 2.33 bits per heavy atom. The van der Waals surface area contributed by atoms with E-state index in [1.165, 1.54) is 0 Å². The molecule has 0 heterocycles. The van der Waals surface area contributed by atoms with Crippen LogP contribution in [0.4, 0.5) is 0 Å². The van der Waals surface area contributed by atoms with E-state index in [9.17, 15) is 0 Å². The van der Waals surface area contributed by atoms with Gasteiger partial charge in [-0.05, 0) is 41.5 Å². The zero-order valence-corrected chi connectivity index (χ0v) is 11.4. The van der Waals surface area contributed by atoms with Crippen molar-refractivity contribution in [2.24, 2.45) is 0 Å². The second-order valence-electron chi connectivity index (χ2n) is 3.77. The SMILES string of the molecule is COc1ccc(Cl)c(/C=C\c2ccc(Cl)cc2)c1. The molecule has 0 bridgehead atoms. The Morgan fingerprint density at radius 1 is 0.944 bits per heavy atom. The lowest BCUT2D eigenvalue weighted by Gasteiger charge is -2.03. The number of ether oxygens (including phenoxy) is 1. The van der Waals surface area contributed by atoms with Crippen LogP contribution in [0.25, 0.3) is 12.2 Å². The van der Waals surface area contributed by atoms with Crippen molar-refractivity contribution in [3.05, 3.63) is 63.6 Å².